The highest BCUT2D eigenvalue weighted by Gasteiger charge is 2.01. The van der Waals surface area contributed by atoms with E-state index in [0.717, 1.165) is 5.57 Å². The van der Waals surface area contributed by atoms with Crippen LogP contribution < -0.4 is 0 Å². The number of ketones is 1. The molecule has 1 aliphatic rings. The van der Waals surface area contributed by atoms with Crippen molar-refractivity contribution in [3.05, 3.63) is 29.7 Å². The molecule has 56 valence electrons. The van der Waals surface area contributed by atoms with Crippen molar-refractivity contribution in [1.29, 1.82) is 0 Å². The van der Waals surface area contributed by atoms with E-state index in [-0.39, 0.29) is 5.78 Å². The third-order valence-corrected chi connectivity index (χ3v) is 1.31. The molecule has 0 fully saturated rings. The van der Waals surface area contributed by atoms with Crippen LogP contribution in [-0.4, -0.2) is 11.5 Å². The van der Waals surface area contributed by atoms with Crippen molar-refractivity contribution in [3.63, 3.8) is 0 Å². The van der Waals surface area contributed by atoms with Crippen molar-refractivity contribution >= 4 is 11.5 Å². The Morgan fingerprint density at radius 1 is 1.64 bits per heavy atom. The molecule has 0 saturated carbocycles. The van der Waals surface area contributed by atoms with Crippen LogP contribution in [0.1, 0.15) is 13.8 Å². The van der Waals surface area contributed by atoms with Gasteiger partial charge in [-0.25, -0.2) is 4.99 Å². The Morgan fingerprint density at radius 2 is 2.36 bits per heavy atom. The van der Waals surface area contributed by atoms with Gasteiger partial charge < -0.3 is 0 Å². The number of hydrogen-bond donors (Lipinski definition) is 0. The fourth-order valence-electron chi connectivity index (χ4n) is 0.763. The van der Waals surface area contributed by atoms with E-state index < -0.39 is 0 Å². The average Bonchev–Trinajstić information content (AvgIpc) is 2.13. The van der Waals surface area contributed by atoms with Crippen LogP contribution in [0, 0.1) is 0 Å². The van der Waals surface area contributed by atoms with Gasteiger partial charge in [-0.3, -0.25) is 4.79 Å². The second kappa shape index (κ2) is 3.13. The van der Waals surface area contributed by atoms with Crippen LogP contribution in [0.2, 0.25) is 0 Å². The molecule has 0 spiro atoms. The number of rotatable bonds is 1. The first-order chi connectivity index (χ1) is 5.20. The predicted octanol–water partition coefficient (Wildman–Crippen LogP) is 1.65. The second-order valence-electron chi connectivity index (χ2n) is 2.40. The monoisotopic (exact) mass is 147 g/mol. The highest BCUT2D eigenvalue weighted by atomic mass is 16.1. The first kappa shape index (κ1) is 7.70. The molecule has 0 aliphatic carbocycles. The molecule has 0 bridgehead atoms. The molecule has 2 nitrogen and oxygen atoms in total. The number of nitrogens with zero attached hydrogens (tertiary/aromatic N) is 1. The van der Waals surface area contributed by atoms with Gasteiger partial charge in [0.05, 0.1) is 6.20 Å². The number of carbonyl (C=O) groups is 1. The maximum absolute atomic E-state index is 10.9. The zero-order valence-electron chi connectivity index (χ0n) is 6.59. The first-order valence-electron chi connectivity index (χ1n) is 3.38. The molecular formula is C9H9NO. The third-order valence-electron chi connectivity index (χ3n) is 1.31. The van der Waals surface area contributed by atoms with Crippen LogP contribution in [0.3, 0.4) is 0 Å². The molecule has 0 atom stereocenters. The lowest BCUT2D eigenvalue weighted by Crippen LogP contribution is -2.05. The predicted molar refractivity (Wildman–Crippen MR) is 44.5 cm³/mol. The van der Waals surface area contributed by atoms with Gasteiger partial charge in [-0.1, -0.05) is 0 Å². The summed E-state index contributed by atoms with van der Waals surface area (Å²) in [4.78, 5) is 14.8. The lowest BCUT2D eigenvalue weighted by atomic mass is 10.2. The molecule has 0 N–H and O–H groups in total. The summed E-state index contributed by atoms with van der Waals surface area (Å²) in [5.41, 5.74) is 4.31. The van der Waals surface area contributed by atoms with Gasteiger partial charge in [-0.15, -0.1) is 5.73 Å². The standard InChI is InChI=1S/C9H9NO/c1-7-4-3-5-10-9(6-7)8(2)11/h4-6H,1-2H3. The lowest BCUT2D eigenvalue weighted by molar-refractivity contribution is -0.111. The highest BCUT2D eigenvalue weighted by molar-refractivity contribution is 6.43. The Hall–Kier alpha value is -1.40. The van der Waals surface area contributed by atoms with Crippen molar-refractivity contribution in [2.45, 2.75) is 13.8 Å². The van der Waals surface area contributed by atoms with Gasteiger partial charge in [0.1, 0.15) is 5.71 Å². The maximum Gasteiger partial charge on any atom is 0.178 e. The van der Waals surface area contributed by atoms with Crippen LogP contribution in [0.4, 0.5) is 0 Å². The molecule has 0 radical (unpaired) electrons. The number of Topliss-reactive ketones (excluding diaryl/α,β-unsaturated/α-hetero) is 1. The minimum atomic E-state index is -0.0160. The molecule has 0 aromatic heterocycles. The normalized spacial score (nSPS) is 15.5. The summed E-state index contributed by atoms with van der Waals surface area (Å²) in [6, 6.07) is 0. The van der Waals surface area contributed by atoms with Gasteiger partial charge in [0, 0.05) is 6.92 Å². The van der Waals surface area contributed by atoms with Crippen molar-refractivity contribution in [2.75, 3.05) is 0 Å². The molecule has 0 unspecified atom stereocenters. The average molecular weight is 147 g/mol. The summed E-state index contributed by atoms with van der Waals surface area (Å²) >= 11 is 0. The molecule has 0 saturated heterocycles. The van der Waals surface area contributed by atoms with E-state index in [2.05, 4.69) is 10.7 Å². The third kappa shape index (κ3) is 2.03. The molecule has 1 rings (SSSR count). The van der Waals surface area contributed by atoms with Gasteiger partial charge in [0.2, 0.25) is 0 Å². The summed E-state index contributed by atoms with van der Waals surface area (Å²) in [6.45, 7) is 3.41. The highest BCUT2D eigenvalue weighted by Crippen LogP contribution is 1.99. The summed E-state index contributed by atoms with van der Waals surface area (Å²) < 4.78 is 0. The Morgan fingerprint density at radius 3 is 3.00 bits per heavy atom. The Bertz CT molecular complexity index is 302. The number of carbonyl (C=O) groups excluding carboxylic acids is 1. The molecule has 1 aliphatic heterocycles. The van der Waals surface area contributed by atoms with E-state index in [0.29, 0.717) is 5.71 Å². The maximum atomic E-state index is 10.9. The quantitative estimate of drug-likeness (QED) is 0.518. The van der Waals surface area contributed by atoms with Crippen LogP contribution in [0.25, 0.3) is 0 Å². The van der Waals surface area contributed by atoms with Gasteiger partial charge in [-0.05, 0) is 24.6 Å². The van der Waals surface area contributed by atoms with E-state index in [9.17, 15) is 4.79 Å². The van der Waals surface area contributed by atoms with Crippen LogP contribution in [0.15, 0.2) is 34.6 Å². The van der Waals surface area contributed by atoms with Crippen molar-refractivity contribution in [2.24, 2.45) is 4.99 Å². The Kier molecular flexibility index (Phi) is 2.19. The van der Waals surface area contributed by atoms with Crippen LogP contribution in [0.5, 0.6) is 0 Å². The van der Waals surface area contributed by atoms with Gasteiger partial charge in [0.15, 0.2) is 5.78 Å². The smallest absolute Gasteiger partial charge is 0.178 e. The second-order valence-corrected chi connectivity index (χ2v) is 2.40. The van der Waals surface area contributed by atoms with Crippen molar-refractivity contribution in [1.82, 2.24) is 0 Å². The fourth-order valence-corrected chi connectivity index (χ4v) is 0.763. The molecule has 0 aromatic rings. The molecule has 11 heavy (non-hydrogen) atoms. The summed E-state index contributed by atoms with van der Waals surface area (Å²) in [7, 11) is 0. The summed E-state index contributed by atoms with van der Waals surface area (Å²) in [5.74, 6) is -0.0160. The lowest BCUT2D eigenvalue weighted by Gasteiger charge is -1.91. The van der Waals surface area contributed by atoms with E-state index in [1.807, 2.05) is 6.92 Å². The Labute approximate surface area is 65.6 Å². The molecular weight excluding hydrogens is 138 g/mol. The minimum absolute atomic E-state index is 0.0160. The van der Waals surface area contributed by atoms with Gasteiger partial charge in [0.25, 0.3) is 0 Å². The summed E-state index contributed by atoms with van der Waals surface area (Å²) in [5, 5.41) is 0. The number of aliphatic imine (C=N–C) groups is 1. The van der Waals surface area contributed by atoms with E-state index in [1.54, 1.807) is 12.2 Å². The van der Waals surface area contributed by atoms with E-state index in [4.69, 9.17) is 0 Å². The number of allylic oxidation sites excluding steroid dienone is 3. The van der Waals surface area contributed by atoms with E-state index in [1.165, 1.54) is 13.1 Å². The largest absolute Gasteiger partial charge is 0.293 e. The molecule has 1 heterocycles. The number of hydrogen-bond acceptors (Lipinski definition) is 2. The zero-order chi connectivity index (χ0) is 8.27. The minimum Gasteiger partial charge on any atom is -0.293 e. The summed E-state index contributed by atoms with van der Waals surface area (Å²) in [6.07, 6.45) is 5.04. The van der Waals surface area contributed by atoms with Gasteiger partial charge >= 0.3 is 0 Å². The Balaban J connectivity index is 3.03. The van der Waals surface area contributed by atoms with Crippen LogP contribution >= 0.6 is 0 Å². The van der Waals surface area contributed by atoms with Crippen LogP contribution in [-0.2, 0) is 4.79 Å². The van der Waals surface area contributed by atoms with Crippen molar-refractivity contribution < 1.29 is 4.79 Å². The van der Waals surface area contributed by atoms with Crippen molar-refractivity contribution in [3.8, 4) is 0 Å². The molecule has 0 aromatic carbocycles. The first-order valence-corrected chi connectivity index (χ1v) is 3.38. The molecule has 2 heteroatoms. The van der Waals surface area contributed by atoms with E-state index >= 15 is 0 Å². The zero-order valence-corrected chi connectivity index (χ0v) is 6.59. The molecule has 0 amide bonds. The van der Waals surface area contributed by atoms with Gasteiger partial charge in [-0.2, -0.15) is 0 Å². The topological polar surface area (TPSA) is 29.4 Å². The fraction of sp³-hybridized carbons (Fsp3) is 0.222. The SMILES string of the molecule is CC(=O)C1=NC=C=CC(C)=C1.